The molecule has 0 unspecified atom stereocenters. The molecule has 1 heterocycles. The maximum absolute atomic E-state index is 12.2. The van der Waals surface area contributed by atoms with E-state index in [9.17, 15) is 9.59 Å². The summed E-state index contributed by atoms with van der Waals surface area (Å²) in [7, 11) is 0. The number of fused-ring (bicyclic) bond motifs is 1. The highest BCUT2D eigenvalue weighted by atomic mass is 16.3. The Morgan fingerprint density at radius 2 is 1.67 bits per heavy atom. The second-order valence-electron chi connectivity index (χ2n) is 5.23. The van der Waals surface area contributed by atoms with Gasteiger partial charge >= 0.3 is 0 Å². The molecule has 0 radical (unpaired) electrons. The summed E-state index contributed by atoms with van der Waals surface area (Å²) in [6, 6.07) is 6.95. The lowest BCUT2D eigenvalue weighted by Gasteiger charge is -2.22. The number of hydrogen-bond acceptors (Lipinski definition) is 4. The zero-order chi connectivity index (χ0) is 15.2. The van der Waals surface area contributed by atoms with Crippen molar-refractivity contribution in [2.24, 2.45) is 0 Å². The number of rotatable bonds is 8. The standard InChI is InChI=1S/C16H22N2O3/c1-2-8-17(11-12-19)9-5-10-18-15(20)13-6-3-4-7-14(13)16(18)21/h3-4,6-7,19H,2,5,8-12H2,1H3. The third-order valence-electron chi connectivity index (χ3n) is 3.69. The van der Waals surface area contributed by atoms with Crippen LogP contribution >= 0.6 is 0 Å². The minimum Gasteiger partial charge on any atom is -0.395 e. The maximum Gasteiger partial charge on any atom is 0.261 e. The first-order chi connectivity index (χ1) is 10.2. The van der Waals surface area contributed by atoms with Gasteiger partial charge in [0.2, 0.25) is 0 Å². The smallest absolute Gasteiger partial charge is 0.261 e. The third kappa shape index (κ3) is 3.49. The van der Waals surface area contributed by atoms with Crippen LogP contribution in [0.5, 0.6) is 0 Å². The number of aliphatic hydroxyl groups excluding tert-OH is 1. The predicted octanol–water partition coefficient (Wildman–Crippen LogP) is 1.38. The van der Waals surface area contributed by atoms with E-state index in [1.807, 2.05) is 0 Å². The van der Waals surface area contributed by atoms with Crippen molar-refractivity contribution in [3.63, 3.8) is 0 Å². The monoisotopic (exact) mass is 290 g/mol. The van der Waals surface area contributed by atoms with Crippen molar-refractivity contribution in [3.8, 4) is 0 Å². The van der Waals surface area contributed by atoms with Gasteiger partial charge < -0.3 is 10.0 Å². The number of imide groups is 1. The van der Waals surface area contributed by atoms with E-state index < -0.39 is 0 Å². The molecule has 5 nitrogen and oxygen atoms in total. The Kier molecular flexibility index (Phi) is 5.47. The molecule has 2 amide bonds. The van der Waals surface area contributed by atoms with Crippen LogP contribution in [0.15, 0.2) is 24.3 Å². The molecule has 1 aromatic rings. The van der Waals surface area contributed by atoms with Crippen LogP contribution in [-0.2, 0) is 0 Å². The molecule has 21 heavy (non-hydrogen) atoms. The number of carbonyl (C=O) groups is 2. The van der Waals surface area contributed by atoms with E-state index >= 15 is 0 Å². The van der Waals surface area contributed by atoms with Gasteiger partial charge in [-0.05, 0) is 38.1 Å². The van der Waals surface area contributed by atoms with E-state index in [2.05, 4.69) is 11.8 Å². The summed E-state index contributed by atoms with van der Waals surface area (Å²) in [5, 5.41) is 9.02. The van der Waals surface area contributed by atoms with Crippen molar-refractivity contribution in [2.75, 3.05) is 32.8 Å². The Morgan fingerprint density at radius 1 is 1.05 bits per heavy atom. The summed E-state index contributed by atoms with van der Waals surface area (Å²) in [6.45, 7) is 4.99. The van der Waals surface area contributed by atoms with Crippen molar-refractivity contribution < 1.29 is 14.7 Å². The Hall–Kier alpha value is -1.72. The molecular formula is C16H22N2O3. The first kappa shape index (κ1) is 15.7. The molecule has 0 saturated heterocycles. The molecule has 0 atom stereocenters. The highest BCUT2D eigenvalue weighted by molar-refractivity contribution is 6.21. The van der Waals surface area contributed by atoms with Crippen LogP contribution in [0.1, 0.15) is 40.5 Å². The van der Waals surface area contributed by atoms with E-state index in [1.54, 1.807) is 24.3 Å². The van der Waals surface area contributed by atoms with E-state index in [0.29, 0.717) is 24.2 Å². The average molecular weight is 290 g/mol. The fourth-order valence-corrected chi connectivity index (χ4v) is 2.69. The molecule has 1 aliphatic rings. The average Bonchev–Trinajstić information content (AvgIpc) is 2.73. The minimum atomic E-state index is -0.195. The number of carbonyl (C=O) groups excluding carboxylic acids is 2. The lowest BCUT2D eigenvalue weighted by atomic mass is 10.1. The minimum absolute atomic E-state index is 0.132. The zero-order valence-electron chi connectivity index (χ0n) is 12.4. The molecule has 0 saturated carbocycles. The van der Waals surface area contributed by atoms with Crippen molar-refractivity contribution in [1.82, 2.24) is 9.80 Å². The predicted molar refractivity (Wildman–Crippen MR) is 80.2 cm³/mol. The lowest BCUT2D eigenvalue weighted by Crippen LogP contribution is -2.34. The molecule has 1 aromatic carbocycles. The molecule has 1 N–H and O–H groups in total. The van der Waals surface area contributed by atoms with E-state index in [4.69, 9.17) is 5.11 Å². The summed E-state index contributed by atoms with van der Waals surface area (Å²) in [6.07, 6.45) is 1.75. The van der Waals surface area contributed by atoms with Gasteiger partial charge in [0, 0.05) is 13.1 Å². The molecule has 0 aromatic heterocycles. The molecule has 0 spiro atoms. The number of benzene rings is 1. The van der Waals surface area contributed by atoms with Crippen LogP contribution in [0, 0.1) is 0 Å². The Balaban J connectivity index is 1.90. The molecular weight excluding hydrogens is 268 g/mol. The first-order valence-corrected chi connectivity index (χ1v) is 7.47. The van der Waals surface area contributed by atoms with Crippen molar-refractivity contribution in [3.05, 3.63) is 35.4 Å². The van der Waals surface area contributed by atoms with Crippen molar-refractivity contribution in [1.29, 1.82) is 0 Å². The number of amides is 2. The molecule has 0 aliphatic carbocycles. The third-order valence-corrected chi connectivity index (χ3v) is 3.69. The van der Waals surface area contributed by atoms with Crippen LogP contribution in [0.25, 0.3) is 0 Å². The number of nitrogens with zero attached hydrogens (tertiary/aromatic N) is 2. The van der Waals surface area contributed by atoms with Gasteiger partial charge in [-0.2, -0.15) is 0 Å². The largest absolute Gasteiger partial charge is 0.395 e. The van der Waals surface area contributed by atoms with E-state index in [1.165, 1.54) is 4.90 Å². The fourth-order valence-electron chi connectivity index (χ4n) is 2.69. The highest BCUT2D eigenvalue weighted by Gasteiger charge is 2.34. The van der Waals surface area contributed by atoms with Gasteiger partial charge in [-0.1, -0.05) is 19.1 Å². The quantitative estimate of drug-likeness (QED) is 0.735. The fraction of sp³-hybridized carbons (Fsp3) is 0.500. The lowest BCUT2D eigenvalue weighted by molar-refractivity contribution is 0.0645. The van der Waals surface area contributed by atoms with Crippen LogP contribution in [0.2, 0.25) is 0 Å². The van der Waals surface area contributed by atoms with Gasteiger partial charge in [-0.15, -0.1) is 0 Å². The Bertz CT molecular complexity index is 475. The summed E-state index contributed by atoms with van der Waals surface area (Å²) < 4.78 is 0. The van der Waals surface area contributed by atoms with Crippen LogP contribution < -0.4 is 0 Å². The number of aliphatic hydroxyl groups is 1. The van der Waals surface area contributed by atoms with Crippen molar-refractivity contribution in [2.45, 2.75) is 19.8 Å². The molecule has 5 heteroatoms. The van der Waals surface area contributed by atoms with Gasteiger partial charge in [0.05, 0.1) is 17.7 Å². The van der Waals surface area contributed by atoms with Crippen LogP contribution in [-0.4, -0.2) is 59.5 Å². The summed E-state index contributed by atoms with van der Waals surface area (Å²) in [5.41, 5.74) is 1.01. The molecule has 1 aliphatic heterocycles. The van der Waals surface area contributed by atoms with Crippen molar-refractivity contribution >= 4 is 11.8 Å². The van der Waals surface area contributed by atoms with E-state index in [-0.39, 0.29) is 18.4 Å². The zero-order valence-corrected chi connectivity index (χ0v) is 12.4. The topological polar surface area (TPSA) is 60.9 Å². The molecule has 0 bridgehead atoms. The van der Waals surface area contributed by atoms with E-state index in [0.717, 1.165) is 25.9 Å². The van der Waals surface area contributed by atoms with Gasteiger partial charge in [0.15, 0.2) is 0 Å². The van der Waals surface area contributed by atoms with Crippen LogP contribution in [0.3, 0.4) is 0 Å². The first-order valence-electron chi connectivity index (χ1n) is 7.47. The molecule has 2 rings (SSSR count). The SMILES string of the molecule is CCCN(CCO)CCCN1C(=O)c2ccccc2C1=O. The normalized spacial score (nSPS) is 14.1. The second-order valence-corrected chi connectivity index (χ2v) is 5.23. The molecule has 114 valence electrons. The summed E-state index contributed by atoms with van der Waals surface area (Å²) in [4.78, 5) is 27.8. The van der Waals surface area contributed by atoms with Gasteiger partial charge in [0.1, 0.15) is 0 Å². The van der Waals surface area contributed by atoms with Gasteiger partial charge in [-0.3, -0.25) is 14.5 Å². The van der Waals surface area contributed by atoms with Crippen LogP contribution in [0.4, 0.5) is 0 Å². The summed E-state index contributed by atoms with van der Waals surface area (Å²) in [5.74, 6) is -0.389. The number of hydrogen-bond donors (Lipinski definition) is 1. The van der Waals surface area contributed by atoms with Gasteiger partial charge in [0.25, 0.3) is 11.8 Å². The highest BCUT2D eigenvalue weighted by Crippen LogP contribution is 2.22. The second kappa shape index (κ2) is 7.33. The molecule has 0 fully saturated rings. The maximum atomic E-state index is 12.2. The summed E-state index contributed by atoms with van der Waals surface area (Å²) >= 11 is 0. The Morgan fingerprint density at radius 3 is 2.19 bits per heavy atom. The Labute approximate surface area is 125 Å². The van der Waals surface area contributed by atoms with Gasteiger partial charge in [-0.25, -0.2) is 0 Å².